The van der Waals surface area contributed by atoms with Crippen LogP contribution in [0.5, 0.6) is 11.5 Å². The van der Waals surface area contributed by atoms with Gasteiger partial charge >= 0.3 is 0 Å². The average Bonchev–Trinajstić information content (AvgIpc) is 2.43. The van der Waals surface area contributed by atoms with Crippen molar-refractivity contribution in [2.75, 3.05) is 6.54 Å². The van der Waals surface area contributed by atoms with E-state index >= 15 is 0 Å². The Bertz CT molecular complexity index is 596. The third-order valence-corrected chi connectivity index (χ3v) is 3.18. The number of benzene rings is 2. The maximum absolute atomic E-state index is 13.6. The SMILES string of the molecule is Cc1cc(CNCC(C)C)ccc1Oc1ccccc1F. The van der Waals surface area contributed by atoms with Gasteiger partial charge in [0, 0.05) is 6.54 Å². The van der Waals surface area contributed by atoms with Crippen LogP contribution >= 0.6 is 0 Å². The van der Waals surface area contributed by atoms with Crippen molar-refractivity contribution in [2.24, 2.45) is 5.92 Å². The number of halogens is 1. The zero-order valence-electron chi connectivity index (χ0n) is 12.8. The van der Waals surface area contributed by atoms with Gasteiger partial charge in [-0.3, -0.25) is 0 Å². The van der Waals surface area contributed by atoms with Crippen molar-refractivity contribution in [3.8, 4) is 11.5 Å². The molecular formula is C18H22FNO. The molecule has 21 heavy (non-hydrogen) atoms. The fourth-order valence-electron chi connectivity index (χ4n) is 2.09. The summed E-state index contributed by atoms with van der Waals surface area (Å²) in [5.41, 5.74) is 2.20. The van der Waals surface area contributed by atoms with Crippen LogP contribution in [0.1, 0.15) is 25.0 Å². The van der Waals surface area contributed by atoms with Crippen molar-refractivity contribution >= 4 is 0 Å². The van der Waals surface area contributed by atoms with E-state index in [2.05, 4.69) is 25.2 Å². The van der Waals surface area contributed by atoms with Crippen LogP contribution in [0.2, 0.25) is 0 Å². The van der Waals surface area contributed by atoms with Gasteiger partial charge in [0.1, 0.15) is 5.75 Å². The van der Waals surface area contributed by atoms with Crippen LogP contribution in [0.3, 0.4) is 0 Å². The smallest absolute Gasteiger partial charge is 0.165 e. The molecular weight excluding hydrogens is 265 g/mol. The van der Waals surface area contributed by atoms with Crippen LogP contribution in [-0.2, 0) is 6.54 Å². The molecule has 2 nitrogen and oxygen atoms in total. The summed E-state index contributed by atoms with van der Waals surface area (Å²) in [5.74, 6) is 1.23. The quantitative estimate of drug-likeness (QED) is 0.833. The van der Waals surface area contributed by atoms with E-state index < -0.39 is 0 Å². The highest BCUT2D eigenvalue weighted by Crippen LogP contribution is 2.27. The van der Waals surface area contributed by atoms with Crippen LogP contribution in [-0.4, -0.2) is 6.54 Å². The van der Waals surface area contributed by atoms with Crippen molar-refractivity contribution in [3.63, 3.8) is 0 Å². The standard InChI is InChI=1S/C18H22FNO/c1-13(2)11-20-12-15-8-9-17(14(3)10-15)21-18-7-5-4-6-16(18)19/h4-10,13,20H,11-12H2,1-3H3. The number of para-hydroxylation sites is 1. The summed E-state index contributed by atoms with van der Waals surface area (Å²) in [4.78, 5) is 0. The second kappa shape index (κ2) is 7.23. The molecule has 0 spiro atoms. The Balaban J connectivity index is 2.04. The Hall–Kier alpha value is -1.87. The molecule has 0 radical (unpaired) electrons. The molecule has 0 aromatic heterocycles. The highest BCUT2D eigenvalue weighted by atomic mass is 19.1. The second-order valence-electron chi connectivity index (χ2n) is 5.66. The molecule has 0 aliphatic heterocycles. The summed E-state index contributed by atoms with van der Waals surface area (Å²) in [6, 6.07) is 12.4. The minimum absolute atomic E-state index is 0.256. The maximum Gasteiger partial charge on any atom is 0.165 e. The molecule has 2 aromatic carbocycles. The first-order valence-corrected chi connectivity index (χ1v) is 7.29. The fraction of sp³-hybridized carbons (Fsp3) is 0.333. The van der Waals surface area contributed by atoms with Gasteiger partial charge in [0.25, 0.3) is 0 Å². The first-order valence-electron chi connectivity index (χ1n) is 7.29. The number of aryl methyl sites for hydroxylation is 1. The molecule has 1 N–H and O–H groups in total. The molecule has 112 valence electrons. The molecule has 0 saturated heterocycles. The Morgan fingerprint density at radius 2 is 1.86 bits per heavy atom. The van der Waals surface area contributed by atoms with Gasteiger partial charge in [0.15, 0.2) is 11.6 Å². The summed E-state index contributed by atoms with van der Waals surface area (Å²) in [6.45, 7) is 8.17. The van der Waals surface area contributed by atoms with E-state index in [4.69, 9.17) is 4.74 Å². The maximum atomic E-state index is 13.6. The first kappa shape index (κ1) is 15.5. The molecule has 0 aliphatic rings. The van der Waals surface area contributed by atoms with E-state index in [9.17, 15) is 4.39 Å². The molecule has 3 heteroatoms. The summed E-state index contributed by atoms with van der Waals surface area (Å²) in [6.07, 6.45) is 0. The number of ether oxygens (including phenoxy) is 1. The number of nitrogens with one attached hydrogen (secondary N) is 1. The predicted octanol–water partition coefficient (Wildman–Crippen LogP) is 4.67. The highest BCUT2D eigenvalue weighted by Gasteiger charge is 2.06. The van der Waals surface area contributed by atoms with E-state index in [1.807, 2.05) is 19.1 Å². The van der Waals surface area contributed by atoms with E-state index in [1.165, 1.54) is 11.6 Å². The van der Waals surface area contributed by atoms with Crippen LogP contribution in [0.4, 0.5) is 4.39 Å². The largest absolute Gasteiger partial charge is 0.454 e. The molecule has 2 rings (SSSR count). The topological polar surface area (TPSA) is 21.3 Å². The van der Waals surface area contributed by atoms with Crippen molar-refractivity contribution < 1.29 is 9.13 Å². The molecule has 0 amide bonds. The summed E-state index contributed by atoms with van der Waals surface area (Å²) < 4.78 is 19.2. The summed E-state index contributed by atoms with van der Waals surface area (Å²) in [7, 11) is 0. The Morgan fingerprint density at radius 3 is 2.52 bits per heavy atom. The zero-order chi connectivity index (χ0) is 15.2. The van der Waals surface area contributed by atoms with Crippen LogP contribution < -0.4 is 10.1 Å². The minimum Gasteiger partial charge on any atom is -0.454 e. The average molecular weight is 287 g/mol. The van der Waals surface area contributed by atoms with Crippen molar-refractivity contribution in [3.05, 3.63) is 59.4 Å². The van der Waals surface area contributed by atoms with Gasteiger partial charge in [-0.05, 0) is 48.7 Å². The van der Waals surface area contributed by atoms with Crippen molar-refractivity contribution in [1.82, 2.24) is 5.32 Å². The first-order chi connectivity index (χ1) is 10.1. The molecule has 0 heterocycles. The molecule has 0 atom stereocenters. The Kier molecular flexibility index (Phi) is 5.34. The van der Waals surface area contributed by atoms with Gasteiger partial charge in [0.05, 0.1) is 0 Å². The molecule has 2 aromatic rings. The lowest BCUT2D eigenvalue weighted by Crippen LogP contribution is -2.18. The van der Waals surface area contributed by atoms with E-state index in [1.54, 1.807) is 18.2 Å². The number of hydrogen-bond donors (Lipinski definition) is 1. The van der Waals surface area contributed by atoms with Gasteiger partial charge in [-0.15, -0.1) is 0 Å². The molecule has 0 unspecified atom stereocenters. The zero-order valence-corrected chi connectivity index (χ0v) is 12.8. The second-order valence-corrected chi connectivity index (χ2v) is 5.66. The van der Waals surface area contributed by atoms with Crippen molar-refractivity contribution in [1.29, 1.82) is 0 Å². The molecule has 0 saturated carbocycles. The van der Waals surface area contributed by atoms with Gasteiger partial charge in [-0.2, -0.15) is 0 Å². The van der Waals surface area contributed by atoms with Crippen molar-refractivity contribution in [2.45, 2.75) is 27.3 Å². The van der Waals surface area contributed by atoms with Gasteiger partial charge in [-0.25, -0.2) is 4.39 Å². The monoisotopic (exact) mass is 287 g/mol. The third-order valence-electron chi connectivity index (χ3n) is 3.18. The Labute approximate surface area is 126 Å². The predicted molar refractivity (Wildman–Crippen MR) is 84.2 cm³/mol. The van der Waals surface area contributed by atoms with Crippen LogP contribution in [0, 0.1) is 18.7 Å². The molecule has 0 fully saturated rings. The molecule has 0 bridgehead atoms. The lowest BCUT2D eigenvalue weighted by atomic mass is 10.1. The highest BCUT2D eigenvalue weighted by molar-refractivity contribution is 5.40. The van der Waals surface area contributed by atoms with Gasteiger partial charge < -0.3 is 10.1 Å². The normalized spacial score (nSPS) is 10.9. The third kappa shape index (κ3) is 4.57. The van der Waals surface area contributed by atoms with E-state index in [-0.39, 0.29) is 11.6 Å². The number of rotatable bonds is 6. The van der Waals surface area contributed by atoms with Crippen LogP contribution in [0.25, 0.3) is 0 Å². The van der Waals surface area contributed by atoms with Gasteiger partial charge in [0.2, 0.25) is 0 Å². The lowest BCUT2D eigenvalue weighted by Gasteiger charge is -2.12. The number of hydrogen-bond acceptors (Lipinski definition) is 2. The fourth-order valence-corrected chi connectivity index (χ4v) is 2.09. The van der Waals surface area contributed by atoms with E-state index in [0.717, 1.165) is 18.7 Å². The van der Waals surface area contributed by atoms with Crippen LogP contribution in [0.15, 0.2) is 42.5 Å². The Morgan fingerprint density at radius 1 is 1.10 bits per heavy atom. The van der Waals surface area contributed by atoms with E-state index in [0.29, 0.717) is 11.7 Å². The summed E-state index contributed by atoms with van der Waals surface area (Å²) >= 11 is 0. The minimum atomic E-state index is -0.348. The van der Waals surface area contributed by atoms with Gasteiger partial charge in [-0.1, -0.05) is 38.1 Å². The summed E-state index contributed by atoms with van der Waals surface area (Å²) in [5, 5.41) is 3.41. The molecule has 0 aliphatic carbocycles. The lowest BCUT2D eigenvalue weighted by molar-refractivity contribution is 0.439.